The Morgan fingerprint density at radius 3 is 2.83 bits per heavy atom. The highest BCUT2D eigenvalue weighted by Gasteiger charge is 2.22. The summed E-state index contributed by atoms with van der Waals surface area (Å²) in [5, 5.41) is 12.2. The Morgan fingerprint density at radius 2 is 2.22 bits per heavy atom. The van der Waals surface area contributed by atoms with E-state index in [1.54, 1.807) is 25.1 Å². The number of ether oxygens (including phenoxy) is 1. The van der Waals surface area contributed by atoms with Gasteiger partial charge in [-0.25, -0.2) is 4.39 Å². The fourth-order valence-electron chi connectivity index (χ4n) is 1.67. The van der Waals surface area contributed by atoms with Gasteiger partial charge in [0, 0.05) is 6.42 Å². The Kier molecular flexibility index (Phi) is 5.11. The molecule has 0 aliphatic rings. The van der Waals surface area contributed by atoms with E-state index < -0.39 is 5.54 Å². The number of benzene rings is 1. The molecular formula is C14H19FN2O. The molecule has 1 aromatic rings. The van der Waals surface area contributed by atoms with Crippen LogP contribution in [-0.2, 0) is 0 Å². The van der Waals surface area contributed by atoms with Crippen LogP contribution in [0.25, 0.3) is 0 Å². The fraction of sp³-hybridized carbons (Fsp3) is 0.500. The van der Waals surface area contributed by atoms with Gasteiger partial charge < -0.3 is 4.74 Å². The molecule has 0 amide bonds. The molecule has 0 fully saturated rings. The predicted octanol–water partition coefficient (Wildman–Crippen LogP) is 2.79. The van der Waals surface area contributed by atoms with E-state index >= 15 is 0 Å². The van der Waals surface area contributed by atoms with Crippen LogP contribution >= 0.6 is 0 Å². The highest BCUT2D eigenvalue weighted by atomic mass is 19.1. The molecule has 1 aromatic carbocycles. The first-order valence-corrected chi connectivity index (χ1v) is 6.06. The predicted molar refractivity (Wildman–Crippen MR) is 68.9 cm³/mol. The zero-order chi connectivity index (χ0) is 13.6. The summed E-state index contributed by atoms with van der Waals surface area (Å²) in [6.07, 6.45) is 0.505. The van der Waals surface area contributed by atoms with Gasteiger partial charge in [0.25, 0.3) is 0 Å². The summed E-state index contributed by atoms with van der Waals surface area (Å²) in [5.41, 5.74) is -0.0723. The molecule has 0 saturated heterocycles. The second kappa shape index (κ2) is 6.36. The average molecular weight is 250 g/mol. The quantitative estimate of drug-likeness (QED) is 0.844. The summed E-state index contributed by atoms with van der Waals surface area (Å²) < 4.78 is 19.0. The summed E-state index contributed by atoms with van der Waals surface area (Å²) in [4.78, 5) is 0. The van der Waals surface area contributed by atoms with Crippen molar-refractivity contribution in [3.63, 3.8) is 0 Å². The number of hydrogen-bond donors (Lipinski definition) is 1. The van der Waals surface area contributed by atoms with E-state index in [2.05, 4.69) is 11.4 Å². The molecule has 0 saturated carbocycles. The van der Waals surface area contributed by atoms with Gasteiger partial charge in [0.1, 0.15) is 5.54 Å². The van der Waals surface area contributed by atoms with E-state index in [4.69, 9.17) is 10.00 Å². The van der Waals surface area contributed by atoms with Crippen LogP contribution in [-0.4, -0.2) is 18.7 Å². The van der Waals surface area contributed by atoms with Crippen molar-refractivity contribution in [1.82, 2.24) is 5.32 Å². The fourth-order valence-corrected chi connectivity index (χ4v) is 1.67. The van der Waals surface area contributed by atoms with Crippen LogP contribution in [0.2, 0.25) is 0 Å². The van der Waals surface area contributed by atoms with Gasteiger partial charge in [-0.15, -0.1) is 0 Å². The Bertz CT molecular complexity index is 442. The third-order valence-electron chi connectivity index (χ3n) is 2.83. The van der Waals surface area contributed by atoms with Crippen LogP contribution in [0.1, 0.15) is 25.8 Å². The van der Waals surface area contributed by atoms with Crippen molar-refractivity contribution >= 4 is 0 Å². The molecule has 4 heteroatoms. The molecular weight excluding hydrogens is 231 g/mol. The molecule has 0 aromatic heterocycles. The molecule has 0 bridgehead atoms. The minimum absolute atomic E-state index is 0.242. The topological polar surface area (TPSA) is 45.0 Å². The molecule has 0 heterocycles. The number of rotatable bonds is 6. The minimum Gasteiger partial charge on any atom is -0.490 e. The molecule has 18 heavy (non-hydrogen) atoms. The number of hydrogen-bond acceptors (Lipinski definition) is 3. The van der Waals surface area contributed by atoms with E-state index in [1.807, 2.05) is 13.8 Å². The zero-order valence-corrected chi connectivity index (χ0v) is 11.1. The lowest BCUT2D eigenvalue weighted by molar-refractivity contribution is 0.258. The lowest BCUT2D eigenvalue weighted by Crippen LogP contribution is -2.42. The van der Waals surface area contributed by atoms with Gasteiger partial charge in [-0.05, 0) is 32.0 Å². The van der Waals surface area contributed by atoms with E-state index in [-0.39, 0.29) is 11.6 Å². The largest absolute Gasteiger partial charge is 0.490 e. The third-order valence-corrected chi connectivity index (χ3v) is 2.83. The van der Waals surface area contributed by atoms with E-state index in [0.717, 1.165) is 0 Å². The van der Waals surface area contributed by atoms with Gasteiger partial charge in [0.2, 0.25) is 0 Å². The van der Waals surface area contributed by atoms with Crippen molar-refractivity contribution in [2.75, 3.05) is 13.2 Å². The monoisotopic (exact) mass is 250 g/mol. The number of nitriles is 1. The van der Waals surface area contributed by atoms with Gasteiger partial charge in [-0.3, -0.25) is 5.32 Å². The van der Waals surface area contributed by atoms with Crippen molar-refractivity contribution in [3.8, 4) is 11.8 Å². The lowest BCUT2D eigenvalue weighted by atomic mass is 10.0. The summed E-state index contributed by atoms with van der Waals surface area (Å²) in [7, 11) is 0. The SMILES string of the molecule is CCNC(C)(C#N)CCOc1cccc(C)c1F. The lowest BCUT2D eigenvalue weighted by Gasteiger charge is -2.22. The summed E-state index contributed by atoms with van der Waals surface area (Å²) in [5.74, 6) is -0.0913. The standard InChI is InChI=1S/C14H19FN2O/c1-4-17-14(3,10-16)8-9-18-12-7-5-6-11(2)13(12)15/h5-7,17H,4,8-9H2,1-3H3. The van der Waals surface area contributed by atoms with Gasteiger partial charge in [0.15, 0.2) is 11.6 Å². The molecule has 1 N–H and O–H groups in total. The average Bonchev–Trinajstić information content (AvgIpc) is 2.35. The highest BCUT2D eigenvalue weighted by Crippen LogP contribution is 2.20. The van der Waals surface area contributed by atoms with Crippen LogP contribution in [0.3, 0.4) is 0 Å². The highest BCUT2D eigenvalue weighted by molar-refractivity contribution is 5.30. The van der Waals surface area contributed by atoms with Crippen molar-refractivity contribution < 1.29 is 9.13 Å². The first kappa shape index (κ1) is 14.5. The normalized spacial score (nSPS) is 13.7. The zero-order valence-electron chi connectivity index (χ0n) is 11.1. The first-order chi connectivity index (χ1) is 8.52. The number of nitrogens with zero attached hydrogens (tertiary/aromatic N) is 1. The Balaban J connectivity index is 2.56. The van der Waals surface area contributed by atoms with Gasteiger partial charge in [0.05, 0.1) is 12.7 Å². The maximum Gasteiger partial charge on any atom is 0.167 e. The van der Waals surface area contributed by atoms with Crippen molar-refractivity contribution in [2.24, 2.45) is 0 Å². The van der Waals surface area contributed by atoms with Crippen molar-refractivity contribution in [3.05, 3.63) is 29.6 Å². The van der Waals surface area contributed by atoms with Gasteiger partial charge in [-0.2, -0.15) is 5.26 Å². The summed E-state index contributed by atoms with van der Waals surface area (Å²) >= 11 is 0. The minimum atomic E-state index is -0.630. The van der Waals surface area contributed by atoms with E-state index in [1.165, 1.54) is 0 Å². The molecule has 1 atom stereocenters. The molecule has 0 spiro atoms. The van der Waals surface area contributed by atoms with Crippen molar-refractivity contribution in [2.45, 2.75) is 32.7 Å². The van der Waals surface area contributed by atoms with Gasteiger partial charge in [-0.1, -0.05) is 19.1 Å². The molecule has 0 aliphatic heterocycles. The van der Waals surface area contributed by atoms with Gasteiger partial charge >= 0.3 is 0 Å². The molecule has 98 valence electrons. The van der Waals surface area contributed by atoms with Crippen LogP contribution in [0.4, 0.5) is 4.39 Å². The number of nitrogens with one attached hydrogen (secondary N) is 1. The number of aryl methyl sites for hydroxylation is 1. The van der Waals surface area contributed by atoms with E-state index in [9.17, 15) is 4.39 Å². The third kappa shape index (κ3) is 3.71. The Hall–Kier alpha value is -1.60. The molecule has 3 nitrogen and oxygen atoms in total. The maximum atomic E-state index is 13.6. The van der Waals surface area contributed by atoms with Crippen LogP contribution in [0.5, 0.6) is 5.75 Å². The van der Waals surface area contributed by atoms with Crippen LogP contribution in [0.15, 0.2) is 18.2 Å². The smallest absolute Gasteiger partial charge is 0.167 e. The molecule has 0 radical (unpaired) electrons. The van der Waals surface area contributed by atoms with Crippen molar-refractivity contribution in [1.29, 1.82) is 5.26 Å². The Labute approximate surface area is 108 Å². The summed E-state index contributed by atoms with van der Waals surface area (Å²) in [6, 6.07) is 7.25. The molecule has 0 aliphatic carbocycles. The second-order valence-corrected chi connectivity index (χ2v) is 4.46. The van der Waals surface area contributed by atoms with E-state index in [0.29, 0.717) is 25.1 Å². The second-order valence-electron chi connectivity index (χ2n) is 4.46. The van der Waals surface area contributed by atoms with Crippen LogP contribution < -0.4 is 10.1 Å². The number of halogens is 1. The maximum absolute atomic E-state index is 13.6. The molecule has 1 rings (SSSR count). The first-order valence-electron chi connectivity index (χ1n) is 6.06. The van der Waals surface area contributed by atoms with Crippen LogP contribution in [0, 0.1) is 24.1 Å². The Morgan fingerprint density at radius 1 is 1.50 bits per heavy atom. The molecule has 1 unspecified atom stereocenters. The summed E-state index contributed by atoms with van der Waals surface area (Å²) in [6.45, 7) is 6.46.